The molecule has 0 radical (unpaired) electrons. The Morgan fingerprint density at radius 1 is 1.12 bits per heavy atom. The van der Waals surface area contributed by atoms with Crippen LogP contribution in [0.2, 0.25) is 0 Å². The Morgan fingerprint density at radius 3 is 2.58 bits per heavy atom. The Hall–Kier alpha value is -3.15. The van der Waals surface area contributed by atoms with Crippen LogP contribution in [0.4, 0.5) is 17.3 Å². The first kappa shape index (κ1) is 15.7. The third-order valence-electron chi connectivity index (χ3n) is 3.49. The van der Waals surface area contributed by atoms with Crippen LogP contribution >= 0.6 is 0 Å². The molecule has 2 aromatic carbocycles. The van der Waals surface area contributed by atoms with Crippen LogP contribution in [0.1, 0.15) is 19.4 Å². The van der Waals surface area contributed by atoms with E-state index in [1.807, 2.05) is 48.5 Å². The summed E-state index contributed by atoms with van der Waals surface area (Å²) in [5, 5.41) is 10.4. The molecule has 0 aliphatic heterocycles. The van der Waals surface area contributed by atoms with Crippen molar-refractivity contribution in [1.29, 1.82) is 0 Å². The fraction of sp³-hybridized carbons (Fsp3) is 0.167. The van der Waals surface area contributed by atoms with Crippen molar-refractivity contribution < 1.29 is 4.79 Å². The summed E-state index contributed by atoms with van der Waals surface area (Å²) in [6.45, 7) is 3.56. The van der Waals surface area contributed by atoms with Crippen molar-refractivity contribution in [1.82, 2.24) is 14.8 Å². The standard InChI is InChI=1S/C18H19N5O/c1-3-14-9-15(20-13(2)24)11-16(10-14)21-18-19-12-23(22-18)17-7-5-4-6-8-17/h4-12H,3H2,1-2H3,(H,20,24)(H,21,22). The van der Waals surface area contributed by atoms with Gasteiger partial charge in [-0.3, -0.25) is 4.79 Å². The minimum Gasteiger partial charge on any atom is -0.326 e. The molecule has 0 saturated carbocycles. The summed E-state index contributed by atoms with van der Waals surface area (Å²) >= 11 is 0. The van der Waals surface area contributed by atoms with Crippen LogP contribution in [-0.2, 0) is 11.2 Å². The summed E-state index contributed by atoms with van der Waals surface area (Å²) in [6, 6.07) is 15.6. The van der Waals surface area contributed by atoms with Crippen LogP contribution in [0.5, 0.6) is 0 Å². The molecule has 0 fully saturated rings. The van der Waals surface area contributed by atoms with E-state index in [9.17, 15) is 4.79 Å². The molecule has 3 aromatic rings. The van der Waals surface area contributed by atoms with E-state index < -0.39 is 0 Å². The minimum atomic E-state index is -0.0966. The van der Waals surface area contributed by atoms with Crippen LogP contribution in [0.25, 0.3) is 5.69 Å². The van der Waals surface area contributed by atoms with Gasteiger partial charge in [-0.25, -0.2) is 4.68 Å². The first-order chi connectivity index (χ1) is 11.6. The quantitative estimate of drug-likeness (QED) is 0.754. The van der Waals surface area contributed by atoms with Gasteiger partial charge in [0.2, 0.25) is 11.9 Å². The SMILES string of the molecule is CCc1cc(NC(C)=O)cc(Nc2ncn(-c3ccccc3)n2)c1. The number of nitrogens with zero attached hydrogens (tertiary/aromatic N) is 3. The molecule has 6 nitrogen and oxygen atoms in total. The van der Waals surface area contributed by atoms with E-state index in [-0.39, 0.29) is 5.91 Å². The van der Waals surface area contributed by atoms with Crippen LogP contribution in [0.15, 0.2) is 54.9 Å². The van der Waals surface area contributed by atoms with E-state index in [0.29, 0.717) is 5.95 Å². The molecule has 0 bridgehead atoms. The number of hydrogen-bond donors (Lipinski definition) is 2. The molecule has 24 heavy (non-hydrogen) atoms. The van der Waals surface area contributed by atoms with Crippen LogP contribution in [-0.4, -0.2) is 20.7 Å². The third kappa shape index (κ3) is 3.78. The summed E-state index contributed by atoms with van der Waals surface area (Å²) in [5.41, 5.74) is 3.65. The third-order valence-corrected chi connectivity index (χ3v) is 3.49. The zero-order valence-corrected chi connectivity index (χ0v) is 13.7. The molecule has 6 heteroatoms. The fourth-order valence-electron chi connectivity index (χ4n) is 2.40. The Morgan fingerprint density at radius 2 is 1.88 bits per heavy atom. The smallest absolute Gasteiger partial charge is 0.246 e. The summed E-state index contributed by atoms with van der Waals surface area (Å²) in [7, 11) is 0. The van der Waals surface area contributed by atoms with Crippen molar-refractivity contribution in [3.63, 3.8) is 0 Å². The number of hydrogen-bond acceptors (Lipinski definition) is 4. The second kappa shape index (κ2) is 6.95. The monoisotopic (exact) mass is 321 g/mol. The van der Waals surface area contributed by atoms with Crippen LogP contribution in [0, 0.1) is 0 Å². The average molecular weight is 321 g/mol. The summed E-state index contributed by atoms with van der Waals surface area (Å²) in [5.74, 6) is 0.404. The molecule has 0 spiro atoms. The maximum atomic E-state index is 11.3. The lowest BCUT2D eigenvalue weighted by molar-refractivity contribution is -0.114. The van der Waals surface area contributed by atoms with Crippen molar-refractivity contribution in [3.8, 4) is 5.69 Å². The van der Waals surface area contributed by atoms with Crippen molar-refractivity contribution in [3.05, 3.63) is 60.4 Å². The highest BCUT2D eigenvalue weighted by atomic mass is 16.1. The molecule has 1 aromatic heterocycles. The van der Waals surface area contributed by atoms with Gasteiger partial charge in [-0.2, -0.15) is 4.98 Å². The Bertz CT molecular complexity index is 842. The molecule has 0 aliphatic rings. The predicted octanol–water partition coefficient (Wildman–Crippen LogP) is 3.53. The maximum absolute atomic E-state index is 11.3. The lowest BCUT2D eigenvalue weighted by Gasteiger charge is -2.09. The number of benzene rings is 2. The Kier molecular flexibility index (Phi) is 4.56. The molecule has 0 unspecified atom stereocenters. The van der Waals surface area contributed by atoms with E-state index in [0.717, 1.165) is 29.0 Å². The van der Waals surface area contributed by atoms with Gasteiger partial charge in [0.15, 0.2) is 0 Å². The number of anilines is 3. The number of aryl methyl sites for hydroxylation is 1. The van der Waals surface area contributed by atoms with Gasteiger partial charge in [0.05, 0.1) is 5.69 Å². The van der Waals surface area contributed by atoms with E-state index in [1.165, 1.54) is 6.92 Å². The van der Waals surface area contributed by atoms with Gasteiger partial charge in [-0.15, -0.1) is 5.10 Å². The van der Waals surface area contributed by atoms with E-state index >= 15 is 0 Å². The molecule has 122 valence electrons. The number of carbonyl (C=O) groups is 1. The lowest BCUT2D eigenvalue weighted by atomic mass is 10.1. The number of amides is 1. The largest absolute Gasteiger partial charge is 0.326 e. The number of nitrogens with one attached hydrogen (secondary N) is 2. The van der Waals surface area contributed by atoms with Gasteiger partial charge >= 0.3 is 0 Å². The molecule has 0 aliphatic carbocycles. The summed E-state index contributed by atoms with van der Waals surface area (Å²) in [4.78, 5) is 15.6. The van der Waals surface area contributed by atoms with Gasteiger partial charge < -0.3 is 10.6 Å². The zero-order chi connectivity index (χ0) is 16.9. The lowest BCUT2D eigenvalue weighted by Crippen LogP contribution is -2.06. The predicted molar refractivity (Wildman–Crippen MR) is 94.8 cm³/mol. The average Bonchev–Trinajstić information content (AvgIpc) is 3.03. The Labute approximate surface area is 140 Å². The number of aromatic nitrogens is 3. The van der Waals surface area contributed by atoms with Crippen LogP contribution < -0.4 is 10.6 Å². The molecule has 1 amide bonds. The number of para-hydroxylation sites is 1. The van der Waals surface area contributed by atoms with Gasteiger partial charge in [0.25, 0.3) is 0 Å². The van der Waals surface area contributed by atoms with Gasteiger partial charge in [0, 0.05) is 18.3 Å². The van der Waals surface area contributed by atoms with E-state index in [1.54, 1.807) is 11.0 Å². The summed E-state index contributed by atoms with van der Waals surface area (Å²) < 4.78 is 1.71. The maximum Gasteiger partial charge on any atom is 0.246 e. The van der Waals surface area contributed by atoms with Crippen molar-refractivity contribution in [2.75, 3.05) is 10.6 Å². The molecule has 0 atom stereocenters. The molecule has 3 rings (SSSR count). The van der Waals surface area contributed by atoms with Gasteiger partial charge in [-0.05, 0) is 42.3 Å². The number of carbonyl (C=O) groups excluding carboxylic acids is 1. The zero-order valence-electron chi connectivity index (χ0n) is 13.7. The highest BCUT2D eigenvalue weighted by molar-refractivity contribution is 5.89. The van der Waals surface area contributed by atoms with Gasteiger partial charge in [0.1, 0.15) is 6.33 Å². The first-order valence-corrected chi connectivity index (χ1v) is 7.79. The first-order valence-electron chi connectivity index (χ1n) is 7.79. The van der Waals surface area contributed by atoms with E-state index in [4.69, 9.17) is 0 Å². The van der Waals surface area contributed by atoms with Crippen molar-refractivity contribution in [2.45, 2.75) is 20.3 Å². The topological polar surface area (TPSA) is 71.8 Å². The second-order valence-electron chi connectivity index (χ2n) is 5.43. The highest BCUT2D eigenvalue weighted by Crippen LogP contribution is 2.22. The molecular weight excluding hydrogens is 302 g/mol. The highest BCUT2D eigenvalue weighted by Gasteiger charge is 2.06. The molecule has 2 N–H and O–H groups in total. The summed E-state index contributed by atoms with van der Waals surface area (Å²) in [6.07, 6.45) is 2.53. The van der Waals surface area contributed by atoms with Crippen molar-refractivity contribution in [2.24, 2.45) is 0 Å². The van der Waals surface area contributed by atoms with Gasteiger partial charge in [-0.1, -0.05) is 25.1 Å². The van der Waals surface area contributed by atoms with Crippen molar-refractivity contribution >= 4 is 23.2 Å². The minimum absolute atomic E-state index is 0.0966. The van der Waals surface area contributed by atoms with E-state index in [2.05, 4.69) is 27.6 Å². The molecule has 1 heterocycles. The Balaban J connectivity index is 1.83. The second-order valence-corrected chi connectivity index (χ2v) is 5.43. The normalized spacial score (nSPS) is 10.4. The fourth-order valence-corrected chi connectivity index (χ4v) is 2.40. The molecular formula is C18H19N5O. The molecule has 0 saturated heterocycles. The van der Waals surface area contributed by atoms with Crippen LogP contribution in [0.3, 0.4) is 0 Å². The number of rotatable bonds is 5.